The van der Waals surface area contributed by atoms with Crippen LogP contribution in [0.15, 0.2) is 78.9 Å². The van der Waals surface area contributed by atoms with E-state index in [-0.39, 0.29) is 54.3 Å². The first kappa shape index (κ1) is 45.8. The molecule has 1 aliphatic heterocycles. The zero-order valence-electron chi connectivity index (χ0n) is 31.9. The van der Waals surface area contributed by atoms with Gasteiger partial charge in [0.2, 0.25) is 5.91 Å². The molecule has 1 aliphatic rings. The van der Waals surface area contributed by atoms with Crippen LogP contribution in [0.2, 0.25) is 0 Å². The lowest BCUT2D eigenvalue weighted by Crippen LogP contribution is -2.49. The van der Waals surface area contributed by atoms with Gasteiger partial charge in [0.25, 0.3) is 5.91 Å². The number of para-hydroxylation sites is 1. The first-order chi connectivity index (χ1) is 27.8. The molecule has 0 saturated carbocycles. The molecule has 4 aromatic rings. The van der Waals surface area contributed by atoms with Crippen molar-refractivity contribution < 1.29 is 72.1 Å². The number of fused-ring (bicyclic) bond motifs is 1. The molecule has 2 N–H and O–H groups in total. The zero-order chi connectivity index (χ0) is 44.5. The van der Waals surface area contributed by atoms with Gasteiger partial charge in [0.1, 0.15) is 6.10 Å². The van der Waals surface area contributed by atoms with Gasteiger partial charge in [-0.2, -0.15) is 52.7 Å². The van der Waals surface area contributed by atoms with E-state index in [1.807, 2.05) is 0 Å². The predicted molar refractivity (Wildman–Crippen MR) is 195 cm³/mol. The van der Waals surface area contributed by atoms with Gasteiger partial charge in [-0.1, -0.05) is 49.4 Å². The van der Waals surface area contributed by atoms with Crippen molar-refractivity contribution in [2.45, 2.75) is 63.7 Å². The third-order valence-electron chi connectivity index (χ3n) is 9.92. The van der Waals surface area contributed by atoms with Crippen LogP contribution < -0.4 is 10.1 Å². The minimum Gasteiger partial charge on any atom is -0.486 e. The number of carbonyl (C=O) groups excluding carboxylic acids is 2. The largest absolute Gasteiger partial charge is 0.486 e. The molecule has 0 bridgehead atoms. The highest BCUT2D eigenvalue weighted by atomic mass is 19.4. The summed E-state index contributed by atoms with van der Waals surface area (Å²) in [5.41, 5.74) is -6.93. The summed E-state index contributed by atoms with van der Waals surface area (Å²) in [6.07, 6.45) is -22.2. The van der Waals surface area contributed by atoms with E-state index >= 15 is 0 Å². The van der Waals surface area contributed by atoms with Gasteiger partial charge in [-0.25, -0.2) is 0 Å². The van der Waals surface area contributed by atoms with Gasteiger partial charge in [0.05, 0.1) is 52.6 Å². The maximum Gasteiger partial charge on any atom is 0.417 e. The molecule has 7 nitrogen and oxygen atoms in total. The maximum absolute atomic E-state index is 13.9. The number of benzene rings is 4. The van der Waals surface area contributed by atoms with E-state index in [0.717, 1.165) is 6.07 Å². The number of alkyl halides is 12. The summed E-state index contributed by atoms with van der Waals surface area (Å²) >= 11 is 0. The normalized spacial score (nSPS) is 17.1. The van der Waals surface area contributed by atoms with E-state index in [2.05, 4.69) is 5.32 Å². The lowest BCUT2D eigenvalue weighted by atomic mass is 9.96. The lowest BCUT2D eigenvalue weighted by molar-refractivity contribution is -0.144. The number of carbonyl (C=O) groups is 2. The van der Waals surface area contributed by atoms with Crippen LogP contribution in [0.4, 0.5) is 58.4 Å². The van der Waals surface area contributed by atoms with Gasteiger partial charge in [-0.05, 0) is 72.6 Å². The van der Waals surface area contributed by atoms with Gasteiger partial charge in [-0.15, -0.1) is 0 Å². The zero-order valence-corrected chi connectivity index (χ0v) is 31.9. The first-order valence-electron chi connectivity index (χ1n) is 18.1. The molecule has 3 atom stereocenters. The van der Waals surface area contributed by atoms with Gasteiger partial charge >= 0.3 is 24.7 Å². The van der Waals surface area contributed by atoms with Gasteiger partial charge in [-0.3, -0.25) is 14.5 Å². The van der Waals surface area contributed by atoms with Crippen molar-refractivity contribution >= 4 is 17.5 Å². The van der Waals surface area contributed by atoms with Crippen LogP contribution in [0, 0.1) is 5.92 Å². The fourth-order valence-electron chi connectivity index (χ4n) is 6.78. The van der Waals surface area contributed by atoms with Crippen molar-refractivity contribution in [3.63, 3.8) is 0 Å². The van der Waals surface area contributed by atoms with Crippen LogP contribution >= 0.6 is 0 Å². The summed E-state index contributed by atoms with van der Waals surface area (Å²) < 4.78 is 169. The Morgan fingerprint density at radius 1 is 0.817 bits per heavy atom. The van der Waals surface area contributed by atoms with Crippen molar-refractivity contribution in [2.75, 3.05) is 32.1 Å². The lowest BCUT2D eigenvalue weighted by Gasteiger charge is -2.38. The van der Waals surface area contributed by atoms with Crippen molar-refractivity contribution in [2.24, 2.45) is 5.92 Å². The molecule has 0 spiro atoms. The maximum atomic E-state index is 13.9. The Bertz CT molecular complexity index is 2180. The van der Waals surface area contributed by atoms with Crippen LogP contribution in [-0.2, 0) is 42.5 Å². The second-order valence-corrected chi connectivity index (χ2v) is 14.5. The van der Waals surface area contributed by atoms with Crippen LogP contribution in [0.5, 0.6) is 5.75 Å². The average molecular weight is 864 g/mol. The van der Waals surface area contributed by atoms with Crippen LogP contribution in [0.1, 0.15) is 57.6 Å². The number of hydrogen-bond donors (Lipinski definition) is 2. The molecule has 60 heavy (non-hydrogen) atoms. The third kappa shape index (κ3) is 10.7. The van der Waals surface area contributed by atoms with Crippen molar-refractivity contribution in [3.05, 3.63) is 118 Å². The van der Waals surface area contributed by atoms with E-state index in [0.29, 0.717) is 23.8 Å². The topological polar surface area (TPSA) is 82.1 Å². The number of aliphatic hydroxyl groups excluding tert-OH is 1. The molecule has 1 heterocycles. The number of aliphatic hydroxyl groups is 1. The van der Waals surface area contributed by atoms with Crippen molar-refractivity contribution in [1.82, 2.24) is 9.80 Å². The number of hydrogen-bond acceptors (Lipinski definition) is 5. The molecule has 0 radical (unpaired) electrons. The van der Waals surface area contributed by atoms with E-state index in [9.17, 15) is 67.4 Å². The number of halogens is 12. The van der Waals surface area contributed by atoms with Crippen LogP contribution in [-0.4, -0.2) is 65.6 Å². The van der Waals surface area contributed by atoms with E-state index < -0.39 is 101 Å². The molecule has 0 aliphatic carbocycles. The first-order valence-corrected chi connectivity index (χ1v) is 18.1. The third-order valence-corrected chi connectivity index (χ3v) is 9.92. The highest BCUT2D eigenvalue weighted by Crippen LogP contribution is 2.42. The van der Waals surface area contributed by atoms with Crippen LogP contribution in [0.25, 0.3) is 11.1 Å². The molecule has 0 saturated heterocycles. The summed E-state index contributed by atoms with van der Waals surface area (Å²) in [6.45, 7) is 3.26. The summed E-state index contributed by atoms with van der Waals surface area (Å²) in [6, 6.07) is 11.3. The number of rotatable bonds is 10. The summed E-state index contributed by atoms with van der Waals surface area (Å²) in [4.78, 5) is 30.3. The van der Waals surface area contributed by atoms with E-state index in [1.165, 1.54) is 47.4 Å². The number of anilines is 1. The SMILES string of the molecule is C[C@@H]1CN([C@@H](C)CO)C(=O)c2cccc(NC(=O)Cc3ccc(C(F)(F)F)cc3C(F)(F)F)c2O[C@@H]1CN(C)Cc1ccc(-c2ccc(C(F)(F)F)cc2C(F)(F)F)cc1. The molecule has 5 rings (SSSR count). The Hall–Kier alpha value is -5.30. The Labute approximate surface area is 335 Å². The van der Waals surface area contributed by atoms with Gasteiger partial charge in [0, 0.05) is 25.6 Å². The molecule has 2 amide bonds. The molecule has 19 heteroatoms. The Morgan fingerprint density at radius 2 is 1.40 bits per heavy atom. The molecule has 4 aromatic carbocycles. The smallest absolute Gasteiger partial charge is 0.417 e. The number of amides is 2. The monoisotopic (exact) mass is 863 g/mol. The summed E-state index contributed by atoms with van der Waals surface area (Å²) in [5, 5.41) is 12.4. The van der Waals surface area contributed by atoms with Gasteiger partial charge in [0.15, 0.2) is 5.75 Å². The molecule has 0 fully saturated rings. The fourth-order valence-corrected chi connectivity index (χ4v) is 6.78. The Kier molecular flexibility index (Phi) is 13.2. The number of likely N-dealkylation sites (N-methyl/N-ethyl adjacent to an activating group) is 1. The number of nitrogens with zero attached hydrogens (tertiary/aromatic N) is 2. The second-order valence-electron chi connectivity index (χ2n) is 14.5. The van der Waals surface area contributed by atoms with Crippen molar-refractivity contribution in [1.29, 1.82) is 0 Å². The van der Waals surface area contributed by atoms with Gasteiger partial charge < -0.3 is 20.1 Å². The minimum atomic E-state index is -5.23. The Balaban J connectivity index is 1.40. The average Bonchev–Trinajstić information content (AvgIpc) is 3.14. The standard InChI is InChI=1S/C41H37F12N3O4/c1-22-18-56(23(2)21-57)37(59)30-5-4-6-33(54-35(58)15-26-11-12-27(38(42,43)44)16-31(26)40(48,49)50)36(30)60-34(22)20-55(3)19-24-7-9-25(10-8-24)29-14-13-28(39(45,46)47)17-32(29)41(51,52)53/h4-14,16-17,22-23,34,57H,15,18-21H2,1-3H3,(H,54,58)/t22-,23+,34-/m1/s1. The van der Waals surface area contributed by atoms with Crippen molar-refractivity contribution in [3.8, 4) is 16.9 Å². The molecular weight excluding hydrogens is 826 g/mol. The molecule has 324 valence electrons. The fraction of sp³-hybridized carbons (Fsp3) is 0.366. The molecule has 0 unspecified atom stereocenters. The highest BCUT2D eigenvalue weighted by molar-refractivity contribution is 6.02. The molecule has 0 aromatic heterocycles. The number of ether oxygens (including phenoxy) is 1. The van der Waals surface area contributed by atoms with Crippen LogP contribution in [0.3, 0.4) is 0 Å². The highest BCUT2D eigenvalue weighted by Gasteiger charge is 2.40. The number of nitrogens with one attached hydrogen (secondary N) is 1. The second kappa shape index (κ2) is 17.4. The quantitative estimate of drug-likeness (QED) is 0.155. The predicted octanol–water partition coefficient (Wildman–Crippen LogP) is 9.96. The van der Waals surface area contributed by atoms with E-state index in [4.69, 9.17) is 4.74 Å². The minimum absolute atomic E-state index is 0.0151. The summed E-state index contributed by atoms with van der Waals surface area (Å²) in [5.74, 6) is -2.33. The van der Waals surface area contributed by atoms with E-state index in [1.54, 1.807) is 25.8 Å². The molecular formula is C41H37F12N3O4. The summed E-state index contributed by atoms with van der Waals surface area (Å²) in [7, 11) is 1.68. The Morgan fingerprint density at radius 3 is 1.97 bits per heavy atom.